The third-order valence-electron chi connectivity index (χ3n) is 3.61. The number of aromatic nitrogens is 1. The summed E-state index contributed by atoms with van der Waals surface area (Å²) in [6, 6.07) is 6.26. The summed E-state index contributed by atoms with van der Waals surface area (Å²) in [6.07, 6.45) is 4.46. The van der Waals surface area contributed by atoms with Gasteiger partial charge < -0.3 is 14.8 Å². The molecule has 102 valence electrons. The van der Waals surface area contributed by atoms with Crippen molar-refractivity contribution in [2.75, 3.05) is 26.7 Å². The Labute approximate surface area is 113 Å². The Morgan fingerprint density at radius 2 is 2.32 bits per heavy atom. The highest BCUT2D eigenvalue weighted by Crippen LogP contribution is 2.21. The van der Waals surface area contributed by atoms with E-state index in [1.807, 2.05) is 18.3 Å². The van der Waals surface area contributed by atoms with Crippen LogP contribution in [0.25, 0.3) is 0 Å². The van der Waals surface area contributed by atoms with Gasteiger partial charge in [-0.15, -0.1) is 0 Å². The second-order valence-electron chi connectivity index (χ2n) is 4.92. The lowest BCUT2D eigenvalue weighted by molar-refractivity contribution is 0.0783. The smallest absolute Gasteiger partial charge is 0.270 e. The molecule has 1 aliphatic heterocycles. The Morgan fingerprint density at radius 1 is 1.58 bits per heavy atom. The fourth-order valence-electron chi connectivity index (χ4n) is 2.49. The largest absolute Gasteiger partial charge is 0.340 e. The summed E-state index contributed by atoms with van der Waals surface area (Å²) in [6.45, 7) is 2.48. The van der Waals surface area contributed by atoms with Crippen LogP contribution >= 0.6 is 0 Å². The highest BCUT2D eigenvalue weighted by molar-refractivity contribution is 5.92. The quantitative estimate of drug-likeness (QED) is 0.890. The lowest BCUT2D eigenvalue weighted by atomic mass is 10.1. The van der Waals surface area contributed by atoms with Gasteiger partial charge in [-0.1, -0.05) is 0 Å². The molecule has 0 atom stereocenters. The first kappa shape index (κ1) is 13.6. The van der Waals surface area contributed by atoms with Gasteiger partial charge in [0, 0.05) is 25.8 Å². The number of nitrogens with one attached hydrogen (secondary N) is 1. The van der Waals surface area contributed by atoms with Gasteiger partial charge in [-0.3, -0.25) is 4.79 Å². The molecule has 0 saturated carbocycles. The van der Waals surface area contributed by atoms with Crippen molar-refractivity contribution in [3.8, 4) is 6.07 Å². The Morgan fingerprint density at radius 3 is 3.00 bits per heavy atom. The van der Waals surface area contributed by atoms with Crippen molar-refractivity contribution in [1.29, 1.82) is 5.26 Å². The summed E-state index contributed by atoms with van der Waals surface area (Å²) in [5, 5.41) is 11.9. The number of amides is 1. The molecule has 2 heterocycles. The molecule has 1 N–H and O–H groups in total. The van der Waals surface area contributed by atoms with Gasteiger partial charge >= 0.3 is 0 Å². The van der Waals surface area contributed by atoms with Crippen LogP contribution in [0.3, 0.4) is 0 Å². The van der Waals surface area contributed by atoms with Gasteiger partial charge in [-0.25, -0.2) is 0 Å². The summed E-state index contributed by atoms with van der Waals surface area (Å²) in [4.78, 5) is 14.0. The van der Waals surface area contributed by atoms with Gasteiger partial charge in [0.05, 0.1) is 12.5 Å². The highest BCUT2D eigenvalue weighted by Gasteiger charge is 2.21. The van der Waals surface area contributed by atoms with E-state index < -0.39 is 0 Å². The van der Waals surface area contributed by atoms with E-state index in [9.17, 15) is 4.79 Å². The van der Waals surface area contributed by atoms with Crippen LogP contribution in [-0.4, -0.2) is 42.1 Å². The minimum Gasteiger partial charge on any atom is -0.340 e. The molecule has 5 nitrogen and oxygen atoms in total. The second kappa shape index (κ2) is 6.39. The predicted molar refractivity (Wildman–Crippen MR) is 72.8 cm³/mol. The number of rotatable bonds is 4. The normalized spacial score (nSPS) is 16.0. The summed E-state index contributed by atoms with van der Waals surface area (Å²) < 4.78 is 2.09. The van der Waals surface area contributed by atoms with Gasteiger partial charge in [0.25, 0.3) is 5.91 Å². The van der Waals surface area contributed by atoms with Crippen molar-refractivity contribution < 1.29 is 4.79 Å². The monoisotopic (exact) mass is 260 g/mol. The van der Waals surface area contributed by atoms with E-state index >= 15 is 0 Å². The molecule has 0 spiro atoms. The first-order valence-electron chi connectivity index (χ1n) is 6.74. The van der Waals surface area contributed by atoms with Gasteiger partial charge in [-0.05, 0) is 38.1 Å². The summed E-state index contributed by atoms with van der Waals surface area (Å²) in [5.74, 6) is -0.00113. The zero-order chi connectivity index (χ0) is 13.7. The number of carbonyl (C=O) groups excluding carboxylic acids is 1. The molecule has 0 bridgehead atoms. The maximum Gasteiger partial charge on any atom is 0.270 e. The molecule has 19 heavy (non-hydrogen) atoms. The number of carbonyl (C=O) groups is 1. The molecule has 0 unspecified atom stereocenters. The second-order valence-corrected chi connectivity index (χ2v) is 4.92. The lowest BCUT2D eigenvalue weighted by Crippen LogP contribution is -2.33. The highest BCUT2D eigenvalue weighted by atomic mass is 16.2. The SMILES string of the molecule is CN(CCC#N)C(=O)c1cccn1C1CCNCC1. The third kappa shape index (κ3) is 3.15. The van der Waals surface area contributed by atoms with Crippen molar-refractivity contribution in [3.63, 3.8) is 0 Å². The molecule has 0 radical (unpaired) electrons. The van der Waals surface area contributed by atoms with Gasteiger partial charge in [0.2, 0.25) is 0 Å². The molecular formula is C14H20N4O. The van der Waals surface area contributed by atoms with Crippen LogP contribution in [0.15, 0.2) is 18.3 Å². The molecule has 1 aliphatic rings. The van der Waals surface area contributed by atoms with E-state index in [0.29, 0.717) is 19.0 Å². The fourth-order valence-corrected chi connectivity index (χ4v) is 2.49. The van der Waals surface area contributed by atoms with Crippen molar-refractivity contribution in [1.82, 2.24) is 14.8 Å². The number of piperidine rings is 1. The minimum atomic E-state index is -0.00113. The van der Waals surface area contributed by atoms with Crippen LogP contribution in [0.5, 0.6) is 0 Å². The Bertz CT molecular complexity index is 468. The summed E-state index contributed by atoms with van der Waals surface area (Å²) in [5.41, 5.74) is 0.729. The van der Waals surface area contributed by atoms with Gasteiger partial charge in [0.1, 0.15) is 5.69 Å². The molecule has 2 rings (SSSR count). The van der Waals surface area contributed by atoms with Crippen molar-refractivity contribution >= 4 is 5.91 Å². The van der Waals surface area contributed by atoms with Crippen LogP contribution in [0.2, 0.25) is 0 Å². The molecule has 0 aromatic carbocycles. The number of nitriles is 1. The summed E-state index contributed by atoms with van der Waals surface area (Å²) in [7, 11) is 1.75. The zero-order valence-electron chi connectivity index (χ0n) is 11.3. The topological polar surface area (TPSA) is 61.1 Å². The van der Waals surface area contributed by atoms with Crippen molar-refractivity contribution in [2.24, 2.45) is 0 Å². The van der Waals surface area contributed by atoms with Crippen LogP contribution in [0, 0.1) is 11.3 Å². The predicted octanol–water partition coefficient (Wildman–Crippen LogP) is 1.40. The van der Waals surface area contributed by atoms with Crippen molar-refractivity contribution in [3.05, 3.63) is 24.0 Å². The van der Waals surface area contributed by atoms with Crippen LogP contribution in [0.1, 0.15) is 35.8 Å². The average molecular weight is 260 g/mol. The average Bonchev–Trinajstić information content (AvgIpc) is 2.94. The maximum atomic E-state index is 12.4. The van der Waals surface area contributed by atoms with Gasteiger partial charge in [-0.2, -0.15) is 5.26 Å². The zero-order valence-corrected chi connectivity index (χ0v) is 11.3. The Kier molecular flexibility index (Phi) is 4.58. The molecule has 1 saturated heterocycles. The van der Waals surface area contributed by atoms with E-state index in [1.54, 1.807) is 11.9 Å². The molecule has 1 aromatic rings. The molecular weight excluding hydrogens is 240 g/mol. The van der Waals surface area contributed by atoms with Crippen molar-refractivity contribution in [2.45, 2.75) is 25.3 Å². The lowest BCUT2D eigenvalue weighted by Gasteiger charge is -2.27. The fraction of sp³-hybridized carbons (Fsp3) is 0.571. The number of hydrogen-bond acceptors (Lipinski definition) is 3. The van der Waals surface area contributed by atoms with Gasteiger partial charge in [0.15, 0.2) is 0 Å². The first-order chi connectivity index (χ1) is 9.24. The molecule has 0 aliphatic carbocycles. The van der Waals surface area contributed by atoms with Crippen LogP contribution in [0.4, 0.5) is 0 Å². The molecule has 1 fully saturated rings. The van der Waals surface area contributed by atoms with Crippen LogP contribution in [-0.2, 0) is 0 Å². The first-order valence-corrected chi connectivity index (χ1v) is 6.74. The third-order valence-corrected chi connectivity index (χ3v) is 3.61. The van der Waals surface area contributed by atoms with E-state index in [1.165, 1.54) is 0 Å². The van der Waals surface area contributed by atoms with E-state index in [0.717, 1.165) is 31.6 Å². The molecule has 1 aromatic heterocycles. The summed E-state index contributed by atoms with van der Waals surface area (Å²) >= 11 is 0. The van der Waals surface area contributed by atoms with E-state index in [-0.39, 0.29) is 5.91 Å². The van der Waals surface area contributed by atoms with E-state index in [4.69, 9.17) is 5.26 Å². The molecule has 5 heteroatoms. The van der Waals surface area contributed by atoms with Crippen LogP contribution < -0.4 is 5.32 Å². The minimum absolute atomic E-state index is 0.00113. The Balaban J connectivity index is 2.10. The Hall–Kier alpha value is -1.80. The standard InChI is InChI=1S/C14H20N4O/c1-17(10-3-7-15)14(19)13-4-2-11-18(13)12-5-8-16-9-6-12/h2,4,11-12,16H,3,5-6,8-10H2,1H3. The van der Waals surface area contributed by atoms with E-state index in [2.05, 4.69) is 16.0 Å². The number of hydrogen-bond donors (Lipinski definition) is 1. The number of nitrogens with zero attached hydrogens (tertiary/aromatic N) is 3. The molecule has 1 amide bonds. The maximum absolute atomic E-state index is 12.4.